The molecule has 0 bridgehead atoms. The standard InChI is InChI=1S/C14H20BrFN2OS/c1-9(17)14(5,18-20(19)13(2,3)4)11-8-10(15)6-7-12(11)16/h6-8,17-18H,1-5H3. The van der Waals surface area contributed by atoms with Crippen molar-refractivity contribution in [2.24, 2.45) is 0 Å². The van der Waals surface area contributed by atoms with Crippen LogP contribution >= 0.6 is 15.9 Å². The quantitative estimate of drug-likeness (QED) is 0.474. The Kier molecular flexibility index (Phi) is 5.40. The summed E-state index contributed by atoms with van der Waals surface area (Å²) in [4.78, 5) is 0. The van der Waals surface area contributed by atoms with Gasteiger partial charge in [-0.15, -0.1) is 0 Å². The zero-order valence-corrected chi connectivity index (χ0v) is 14.7. The molecule has 3 nitrogen and oxygen atoms in total. The maximum absolute atomic E-state index is 14.1. The Bertz CT molecular complexity index is 603. The molecule has 0 amide bonds. The van der Waals surface area contributed by atoms with Crippen LogP contribution in [0.4, 0.5) is 4.39 Å². The van der Waals surface area contributed by atoms with E-state index in [1.165, 1.54) is 6.07 Å². The van der Waals surface area contributed by atoms with Crippen molar-refractivity contribution in [3.05, 3.63) is 34.1 Å². The second-order valence-corrected chi connectivity index (χ2v) is 8.74. The fraction of sp³-hybridized carbons (Fsp3) is 0.500. The average Bonchev–Trinajstić information content (AvgIpc) is 2.30. The van der Waals surface area contributed by atoms with Crippen LogP contribution in [-0.4, -0.2) is 10.5 Å². The van der Waals surface area contributed by atoms with Gasteiger partial charge in [0.2, 0.25) is 0 Å². The van der Waals surface area contributed by atoms with E-state index < -0.39 is 26.9 Å². The third-order valence-electron chi connectivity index (χ3n) is 3.07. The van der Waals surface area contributed by atoms with Gasteiger partial charge in [-0.2, -0.15) is 0 Å². The molecule has 2 N–H and O–H groups in total. The maximum atomic E-state index is 14.1. The number of halogens is 2. The fourth-order valence-electron chi connectivity index (χ4n) is 1.55. The van der Waals surface area contributed by atoms with E-state index in [1.807, 2.05) is 20.8 Å². The van der Waals surface area contributed by atoms with Gasteiger partial charge in [0, 0.05) is 0 Å². The van der Waals surface area contributed by atoms with Crippen LogP contribution in [-0.2, 0) is 20.4 Å². The summed E-state index contributed by atoms with van der Waals surface area (Å²) in [6.07, 6.45) is 0. The molecule has 0 aliphatic heterocycles. The van der Waals surface area contributed by atoms with Crippen LogP contribution in [0, 0.1) is 11.2 Å². The first kappa shape index (κ1) is 17.6. The molecular weight excluding hydrogens is 343 g/mol. The molecule has 6 heteroatoms. The molecule has 20 heavy (non-hydrogen) atoms. The Balaban J connectivity index is 3.34. The molecule has 0 fully saturated rings. The fourth-order valence-corrected chi connectivity index (χ4v) is 2.85. The van der Waals surface area contributed by atoms with Crippen molar-refractivity contribution < 1.29 is 8.43 Å². The van der Waals surface area contributed by atoms with E-state index in [-0.39, 0.29) is 5.71 Å². The van der Waals surface area contributed by atoms with Crippen molar-refractivity contribution in [3.8, 4) is 0 Å². The molecular formula is C14H20BrFN2OS. The number of hydrogen-bond acceptors (Lipinski definition) is 3. The molecule has 1 atom stereocenters. The predicted molar refractivity (Wildman–Crippen MR) is 85.8 cm³/mol. The van der Waals surface area contributed by atoms with Gasteiger partial charge in [0.15, 0.2) is 0 Å². The molecule has 0 aliphatic rings. The molecule has 0 spiro atoms. The van der Waals surface area contributed by atoms with Gasteiger partial charge in [-0.1, -0.05) is 0 Å². The number of hydrogen-bond donors (Lipinski definition) is 2. The Morgan fingerprint density at radius 1 is 1.35 bits per heavy atom. The van der Waals surface area contributed by atoms with Gasteiger partial charge >= 0.3 is 130 Å². The second kappa shape index (κ2) is 6.13. The first-order chi connectivity index (χ1) is 8.98. The summed E-state index contributed by atoms with van der Waals surface area (Å²) in [5.41, 5.74) is -0.615. The van der Waals surface area contributed by atoms with Crippen LogP contribution in [0.1, 0.15) is 40.2 Å². The van der Waals surface area contributed by atoms with E-state index in [9.17, 15) is 8.43 Å². The monoisotopic (exact) mass is 362 g/mol. The zero-order valence-electron chi connectivity index (χ0n) is 12.3. The van der Waals surface area contributed by atoms with E-state index in [4.69, 9.17) is 5.41 Å². The molecule has 112 valence electrons. The third-order valence-corrected chi connectivity index (χ3v) is 5.27. The summed E-state index contributed by atoms with van der Waals surface area (Å²) in [6.45, 7) is 8.73. The average molecular weight is 363 g/mol. The van der Waals surface area contributed by atoms with Gasteiger partial charge < -0.3 is 0 Å². The number of rotatable bonds is 3. The van der Waals surface area contributed by atoms with Crippen molar-refractivity contribution in [2.45, 2.75) is 44.9 Å². The Hall–Kier alpha value is -0.430. The summed E-state index contributed by atoms with van der Waals surface area (Å²) in [7, 11) is -1.42. The Morgan fingerprint density at radius 2 is 1.90 bits per heavy atom. The minimum atomic E-state index is -1.42. The van der Waals surface area contributed by atoms with Gasteiger partial charge in [-0.05, 0) is 0 Å². The topological polar surface area (TPSA) is 55.8 Å². The van der Waals surface area contributed by atoms with Crippen LogP contribution < -0.4 is 4.72 Å². The first-order valence-electron chi connectivity index (χ1n) is 6.19. The number of benzene rings is 1. The molecule has 0 radical (unpaired) electrons. The molecule has 0 heterocycles. The van der Waals surface area contributed by atoms with Crippen LogP contribution in [0.15, 0.2) is 22.7 Å². The molecule has 0 aliphatic carbocycles. The molecule has 1 aromatic rings. The van der Waals surface area contributed by atoms with E-state index in [1.54, 1.807) is 26.0 Å². The second-order valence-electron chi connectivity index (χ2n) is 5.86. The molecule has 1 aromatic carbocycles. The molecule has 0 saturated carbocycles. The van der Waals surface area contributed by atoms with E-state index >= 15 is 0 Å². The zero-order chi connectivity index (χ0) is 15.7. The normalized spacial score (nSPS) is 15.2. The van der Waals surface area contributed by atoms with Crippen LogP contribution in [0.3, 0.4) is 0 Å². The summed E-state index contributed by atoms with van der Waals surface area (Å²) in [5, 5.41) is 7.97. The van der Waals surface area contributed by atoms with Gasteiger partial charge in [0.25, 0.3) is 0 Å². The molecule has 1 rings (SSSR count). The van der Waals surface area contributed by atoms with Crippen molar-refractivity contribution in [1.82, 2.24) is 4.72 Å². The van der Waals surface area contributed by atoms with Gasteiger partial charge in [0.1, 0.15) is 0 Å². The van der Waals surface area contributed by atoms with Gasteiger partial charge in [-0.25, -0.2) is 0 Å². The van der Waals surface area contributed by atoms with Crippen molar-refractivity contribution in [3.63, 3.8) is 0 Å². The van der Waals surface area contributed by atoms with Crippen molar-refractivity contribution >= 4 is 32.5 Å². The van der Waals surface area contributed by atoms with E-state index in [0.717, 1.165) is 0 Å². The van der Waals surface area contributed by atoms with E-state index in [2.05, 4.69) is 20.7 Å². The van der Waals surface area contributed by atoms with Crippen LogP contribution in [0.2, 0.25) is 0 Å². The van der Waals surface area contributed by atoms with Crippen LogP contribution in [0.5, 0.6) is 0 Å². The Morgan fingerprint density at radius 3 is 2.35 bits per heavy atom. The van der Waals surface area contributed by atoms with Gasteiger partial charge in [0.05, 0.1) is 0 Å². The molecule has 1 unspecified atom stereocenters. The van der Waals surface area contributed by atoms with Crippen molar-refractivity contribution in [1.29, 1.82) is 5.41 Å². The van der Waals surface area contributed by atoms with E-state index in [0.29, 0.717) is 10.0 Å². The summed E-state index contributed by atoms with van der Waals surface area (Å²) in [6, 6.07) is 4.54. The van der Waals surface area contributed by atoms with Crippen LogP contribution in [0.25, 0.3) is 0 Å². The first-order valence-corrected chi connectivity index (χ1v) is 8.13. The Labute approximate surface area is 130 Å². The summed E-state index contributed by atoms with van der Waals surface area (Å²) < 4.78 is 29.6. The van der Waals surface area contributed by atoms with Crippen molar-refractivity contribution in [2.75, 3.05) is 0 Å². The summed E-state index contributed by atoms with van der Waals surface area (Å²) >= 11 is 3.30. The number of nitrogens with one attached hydrogen (secondary N) is 2. The molecule has 0 saturated heterocycles. The van der Waals surface area contributed by atoms with Gasteiger partial charge in [-0.3, -0.25) is 0 Å². The minimum absolute atomic E-state index is 0.201. The third kappa shape index (κ3) is 3.81. The molecule has 0 aromatic heterocycles. The predicted octanol–water partition coefficient (Wildman–Crippen LogP) is 4.11. The summed E-state index contributed by atoms with van der Waals surface area (Å²) in [5.74, 6) is -0.430. The SMILES string of the molecule is CC(=N)C(C)(N[S-](#[O+])C(C)(C)C)c1cc(Br)ccc1F.